The average molecular weight is 313 g/mol. The van der Waals surface area contributed by atoms with Gasteiger partial charge >= 0.3 is 0 Å². The molecule has 0 aliphatic carbocycles. The molecule has 6 nitrogen and oxygen atoms in total. The van der Waals surface area contributed by atoms with Crippen LogP contribution in [0.1, 0.15) is 5.56 Å². The monoisotopic (exact) mass is 313 g/mol. The topological polar surface area (TPSA) is 85.4 Å². The van der Waals surface area contributed by atoms with E-state index < -0.39 is 0 Å². The maximum Gasteiger partial charge on any atom is 0.266 e. The number of nitrogens with zero attached hydrogens (tertiary/aromatic N) is 3. The zero-order valence-electron chi connectivity index (χ0n) is 13.2. The Hall–Kier alpha value is -2.36. The van der Waals surface area contributed by atoms with Crippen molar-refractivity contribution >= 4 is 5.91 Å². The van der Waals surface area contributed by atoms with Crippen molar-refractivity contribution in [1.29, 1.82) is 5.26 Å². The lowest BCUT2D eigenvalue weighted by molar-refractivity contribution is -0.128. The number of nitrogens with two attached hydrogens (primary N) is 1. The van der Waals surface area contributed by atoms with Gasteiger partial charge < -0.3 is 16.0 Å². The number of nitrogens with one attached hydrogen (secondary N) is 1. The highest BCUT2D eigenvalue weighted by molar-refractivity contribution is 5.97. The molecule has 23 heavy (non-hydrogen) atoms. The lowest BCUT2D eigenvalue weighted by Gasteiger charge is -2.34. The quantitative estimate of drug-likeness (QED) is 0.582. The molecule has 0 atom stereocenters. The van der Waals surface area contributed by atoms with Gasteiger partial charge in [0.15, 0.2) is 0 Å². The number of hydrogen-bond donors (Lipinski definition) is 2. The Bertz CT molecular complexity index is 570. The molecule has 3 N–H and O–H groups in total. The molecule has 6 heteroatoms. The van der Waals surface area contributed by atoms with E-state index in [1.54, 1.807) is 4.90 Å². The SMILES string of the molecule is N#C/C(=C/NCc1ccccc1)C(=O)N1CCN(CCN)CC1. The van der Waals surface area contributed by atoms with Crippen molar-refractivity contribution in [1.82, 2.24) is 15.1 Å². The molecule has 0 unspecified atom stereocenters. The van der Waals surface area contributed by atoms with Crippen LogP contribution in [0.5, 0.6) is 0 Å². The average Bonchev–Trinajstić information content (AvgIpc) is 2.60. The van der Waals surface area contributed by atoms with Gasteiger partial charge in [0, 0.05) is 52.0 Å². The van der Waals surface area contributed by atoms with E-state index in [1.807, 2.05) is 36.4 Å². The van der Waals surface area contributed by atoms with Crippen molar-refractivity contribution < 1.29 is 4.79 Å². The molecule has 1 saturated heterocycles. The van der Waals surface area contributed by atoms with Gasteiger partial charge in [-0.1, -0.05) is 30.3 Å². The van der Waals surface area contributed by atoms with Crippen LogP contribution in [0.2, 0.25) is 0 Å². The largest absolute Gasteiger partial charge is 0.386 e. The predicted molar refractivity (Wildman–Crippen MR) is 89.1 cm³/mol. The van der Waals surface area contributed by atoms with Crippen LogP contribution in [0.25, 0.3) is 0 Å². The Balaban J connectivity index is 1.86. The molecular formula is C17H23N5O. The first-order valence-electron chi connectivity index (χ1n) is 7.84. The molecular weight excluding hydrogens is 290 g/mol. The summed E-state index contributed by atoms with van der Waals surface area (Å²) in [4.78, 5) is 16.3. The van der Waals surface area contributed by atoms with Crippen LogP contribution in [0.4, 0.5) is 0 Å². The summed E-state index contributed by atoms with van der Waals surface area (Å²) in [6.07, 6.45) is 1.52. The van der Waals surface area contributed by atoms with Crippen LogP contribution in [-0.4, -0.2) is 55.0 Å². The van der Waals surface area contributed by atoms with Crippen LogP contribution in [-0.2, 0) is 11.3 Å². The van der Waals surface area contributed by atoms with Gasteiger partial charge in [0.1, 0.15) is 11.6 Å². The Morgan fingerprint density at radius 2 is 1.96 bits per heavy atom. The van der Waals surface area contributed by atoms with E-state index in [0.29, 0.717) is 26.2 Å². The zero-order chi connectivity index (χ0) is 16.5. The summed E-state index contributed by atoms with van der Waals surface area (Å²) in [5, 5.41) is 12.3. The Morgan fingerprint density at radius 1 is 1.26 bits per heavy atom. The van der Waals surface area contributed by atoms with Crippen LogP contribution in [0.3, 0.4) is 0 Å². The summed E-state index contributed by atoms with van der Waals surface area (Å²) in [6, 6.07) is 11.8. The van der Waals surface area contributed by atoms with Crippen molar-refractivity contribution in [2.45, 2.75) is 6.54 Å². The fourth-order valence-corrected chi connectivity index (χ4v) is 2.54. The molecule has 0 radical (unpaired) electrons. The number of benzene rings is 1. The Labute approximate surface area is 137 Å². The summed E-state index contributed by atoms with van der Waals surface area (Å²) in [6.45, 7) is 4.94. The van der Waals surface area contributed by atoms with Crippen molar-refractivity contribution in [2.75, 3.05) is 39.3 Å². The van der Waals surface area contributed by atoms with Crippen molar-refractivity contribution in [3.63, 3.8) is 0 Å². The molecule has 1 fully saturated rings. The van der Waals surface area contributed by atoms with E-state index >= 15 is 0 Å². The van der Waals surface area contributed by atoms with E-state index in [4.69, 9.17) is 5.73 Å². The lowest BCUT2D eigenvalue weighted by atomic mass is 10.2. The smallest absolute Gasteiger partial charge is 0.266 e. The number of carbonyl (C=O) groups excluding carboxylic acids is 1. The fourth-order valence-electron chi connectivity index (χ4n) is 2.54. The van der Waals surface area contributed by atoms with Crippen molar-refractivity contribution in [2.24, 2.45) is 5.73 Å². The van der Waals surface area contributed by atoms with Crippen LogP contribution in [0.15, 0.2) is 42.1 Å². The third-order valence-corrected chi connectivity index (χ3v) is 3.85. The first-order chi connectivity index (χ1) is 11.2. The highest BCUT2D eigenvalue weighted by atomic mass is 16.2. The maximum atomic E-state index is 12.4. The minimum atomic E-state index is -0.208. The maximum absolute atomic E-state index is 12.4. The van der Waals surface area contributed by atoms with E-state index in [0.717, 1.165) is 25.2 Å². The minimum Gasteiger partial charge on any atom is -0.386 e. The van der Waals surface area contributed by atoms with E-state index in [9.17, 15) is 10.1 Å². The Kier molecular flexibility index (Phi) is 6.60. The number of piperazine rings is 1. The second-order valence-electron chi connectivity index (χ2n) is 5.46. The van der Waals surface area contributed by atoms with Gasteiger partial charge in [0.2, 0.25) is 0 Å². The third kappa shape index (κ3) is 5.09. The van der Waals surface area contributed by atoms with Crippen molar-refractivity contribution in [3.8, 4) is 6.07 Å². The molecule has 1 aliphatic rings. The zero-order valence-corrected chi connectivity index (χ0v) is 13.2. The summed E-state index contributed by atoms with van der Waals surface area (Å²) in [7, 11) is 0. The third-order valence-electron chi connectivity index (χ3n) is 3.85. The molecule has 0 aromatic heterocycles. The molecule has 0 saturated carbocycles. The van der Waals surface area contributed by atoms with Gasteiger partial charge in [0.05, 0.1) is 0 Å². The summed E-state index contributed by atoms with van der Waals surface area (Å²) >= 11 is 0. The molecule has 122 valence electrons. The number of nitriles is 1. The second-order valence-corrected chi connectivity index (χ2v) is 5.46. The van der Waals surface area contributed by atoms with Crippen LogP contribution < -0.4 is 11.1 Å². The van der Waals surface area contributed by atoms with Crippen LogP contribution >= 0.6 is 0 Å². The Morgan fingerprint density at radius 3 is 2.57 bits per heavy atom. The predicted octanol–water partition coefficient (Wildman–Crippen LogP) is 0.287. The number of rotatable bonds is 6. The molecule has 0 spiro atoms. The van der Waals surface area contributed by atoms with Gasteiger partial charge in [-0.25, -0.2) is 0 Å². The van der Waals surface area contributed by atoms with Gasteiger partial charge in [-0.3, -0.25) is 9.69 Å². The van der Waals surface area contributed by atoms with E-state index in [2.05, 4.69) is 10.2 Å². The van der Waals surface area contributed by atoms with Gasteiger partial charge in [-0.2, -0.15) is 5.26 Å². The normalized spacial score (nSPS) is 16.0. The lowest BCUT2D eigenvalue weighted by Crippen LogP contribution is -2.50. The number of amides is 1. The molecule has 1 aromatic rings. The number of carbonyl (C=O) groups is 1. The van der Waals surface area contributed by atoms with Gasteiger partial charge in [-0.05, 0) is 5.56 Å². The van der Waals surface area contributed by atoms with Crippen LogP contribution in [0, 0.1) is 11.3 Å². The molecule has 1 aliphatic heterocycles. The molecule has 0 bridgehead atoms. The van der Waals surface area contributed by atoms with Crippen molar-refractivity contribution in [3.05, 3.63) is 47.7 Å². The fraction of sp³-hybridized carbons (Fsp3) is 0.412. The second kappa shape index (κ2) is 8.93. The molecule has 2 rings (SSSR count). The van der Waals surface area contributed by atoms with Gasteiger partial charge in [-0.15, -0.1) is 0 Å². The minimum absolute atomic E-state index is 0.146. The molecule has 1 amide bonds. The van der Waals surface area contributed by atoms with E-state index in [1.165, 1.54) is 6.20 Å². The first kappa shape index (κ1) is 17.0. The van der Waals surface area contributed by atoms with E-state index in [-0.39, 0.29) is 11.5 Å². The highest BCUT2D eigenvalue weighted by Gasteiger charge is 2.23. The number of hydrogen-bond acceptors (Lipinski definition) is 5. The van der Waals surface area contributed by atoms with Gasteiger partial charge in [0.25, 0.3) is 5.91 Å². The summed E-state index contributed by atoms with van der Waals surface area (Å²) in [5.41, 5.74) is 6.79. The molecule has 1 heterocycles. The summed E-state index contributed by atoms with van der Waals surface area (Å²) in [5.74, 6) is -0.208. The standard InChI is InChI=1S/C17H23N5O/c18-6-7-21-8-10-22(11-9-21)17(23)16(12-19)14-20-13-15-4-2-1-3-5-15/h1-5,14,20H,6-11,13,18H2/b16-14-. The summed E-state index contributed by atoms with van der Waals surface area (Å²) < 4.78 is 0. The molecule has 1 aromatic carbocycles. The highest BCUT2D eigenvalue weighted by Crippen LogP contribution is 2.06. The first-order valence-corrected chi connectivity index (χ1v) is 7.84.